The maximum Gasteiger partial charge on any atom is 0.250 e. The molecule has 1 heterocycles. The van der Waals surface area contributed by atoms with Crippen molar-refractivity contribution in [2.24, 2.45) is 12.8 Å². The zero-order valence-electron chi connectivity index (χ0n) is 10.2. The van der Waals surface area contributed by atoms with Crippen LogP contribution in [0.5, 0.6) is 5.88 Å². The van der Waals surface area contributed by atoms with Crippen LogP contribution in [0.3, 0.4) is 0 Å². The van der Waals surface area contributed by atoms with E-state index in [-0.39, 0.29) is 12.6 Å². The minimum Gasteiger partial charge on any atom is -0.481 e. The van der Waals surface area contributed by atoms with Gasteiger partial charge in [0.2, 0.25) is 5.88 Å². The van der Waals surface area contributed by atoms with Gasteiger partial charge in [-0.1, -0.05) is 0 Å². The highest BCUT2D eigenvalue weighted by molar-refractivity contribution is 5.34. The summed E-state index contributed by atoms with van der Waals surface area (Å²) in [7, 11) is 3.25. The van der Waals surface area contributed by atoms with E-state index in [9.17, 15) is 8.78 Å². The Labute approximate surface area is 98.9 Å². The first-order valence-electron chi connectivity index (χ1n) is 5.30. The largest absolute Gasteiger partial charge is 0.481 e. The monoisotopic (exact) mass is 248 g/mol. The maximum absolute atomic E-state index is 12.2. The predicted molar refractivity (Wildman–Crippen MR) is 60.3 cm³/mol. The molecule has 0 spiro atoms. The minimum absolute atomic E-state index is 0.204. The van der Waals surface area contributed by atoms with Crippen LogP contribution in [-0.4, -0.2) is 36.4 Å². The maximum atomic E-state index is 12.2. The molecule has 0 aliphatic heterocycles. The quantitative estimate of drug-likeness (QED) is 0.773. The number of nitrogens with two attached hydrogens (primary N) is 1. The molecule has 1 aromatic rings. The number of aryl methyl sites for hydroxylation is 2. The van der Waals surface area contributed by atoms with Crippen molar-refractivity contribution in [3.05, 3.63) is 11.3 Å². The zero-order valence-corrected chi connectivity index (χ0v) is 10.2. The topological polar surface area (TPSA) is 65.1 Å². The molecule has 0 aliphatic carbocycles. The van der Waals surface area contributed by atoms with Crippen LogP contribution < -0.4 is 15.8 Å². The molecule has 1 unspecified atom stereocenters. The van der Waals surface area contributed by atoms with E-state index < -0.39 is 13.0 Å². The highest BCUT2D eigenvalue weighted by atomic mass is 19.3. The van der Waals surface area contributed by atoms with Crippen LogP contribution in [0.25, 0.3) is 0 Å². The number of nitrogens with one attached hydrogen (secondary N) is 1. The molecule has 7 heteroatoms. The molecule has 0 aromatic carbocycles. The highest BCUT2D eigenvalue weighted by Crippen LogP contribution is 2.27. The van der Waals surface area contributed by atoms with Crippen molar-refractivity contribution in [3.8, 4) is 5.88 Å². The third kappa shape index (κ3) is 3.13. The van der Waals surface area contributed by atoms with Gasteiger partial charge in [-0.3, -0.25) is 0 Å². The fraction of sp³-hybridized carbons (Fsp3) is 0.700. The molecule has 17 heavy (non-hydrogen) atoms. The molecule has 0 radical (unpaired) electrons. The van der Waals surface area contributed by atoms with Crippen molar-refractivity contribution in [3.63, 3.8) is 0 Å². The summed E-state index contributed by atoms with van der Waals surface area (Å²) in [6.45, 7) is 1.60. The summed E-state index contributed by atoms with van der Waals surface area (Å²) in [6.07, 6.45) is -2.41. The Morgan fingerprint density at radius 1 is 1.53 bits per heavy atom. The second kappa shape index (κ2) is 5.92. The van der Waals surface area contributed by atoms with Gasteiger partial charge in [0.05, 0.1) is 31.0 Å². The fourth-order valence-electron chi connectivity index (χ4n) is 1.83. The van der Waals surface area contributed by atoms with Gasteiger partial charge in [0.1, 0.15) is 0 Å². The van der Waals surface area contributed by atoms with Gasteiger partial charge in [-0.2, -0.15) is 5.10 Å². The van der Waals surface area contributed by atoms with Crippen molar-refractivity contribution in [1.82, 2.24) is 15.1 Å². The number of hydrogen-bond donors (Lipinski definition) is 2. The first-order valence-corrected chi connectivity index (χ1v) is 5.30. The minimum atomic E-state index is -2.41. The number of hydrogen-bond acceptors (Lipinski definition) is 4. The van der Waals surface area contributed by atoms with Gasteiger partial charge in [0.15, 0.2) is 0 Å². The number of methoxy groups -OCH3 is 1. The van der Waals surface area contributed by atoms with Crippen molar-refractivity contribution >= 4 is 0 Å². The second-order valence-electron chi connectivity index (χ2n) is 3.72. The molecular weight excluding hydrogens is 230 g/mol. The molecule has 0 saturated heterocycles. The summed E-state index contributed by atoms with van der Waals surface area (Å²) >= 11 is 0. The summed E-state index contributed by atoms with van der Waals surface area (Å²) in [5.74, 6) is 0.541. The van der Waals surface area contributed by atoms with Gasteiger partial charge in [-0.05, 0) is 6.92 Å². The van der Waals surface area contributed by atoms with Gasteiger partial charge >= 0.3 is 0 Å². The molecular formula is C10H18F2N4O. The van der Waals surface area contributed by atoms with E-state index in [0.29, 0.717) is 5.88 Å². The fourth-order valence-corrected chi connectivity index (χ4v) is 1.83. The van der Waals surface area contributed by atoms with E-state index in [2.05, 4.69) is 10.4 Å². The van der Waals surface area contributed by atoms with Crippen LogP contribution in [0.4, 0.5) is 8.78 Å². The first kappa shape index (κ1) is 13.9. The first-order chi connectivity index (χ1) is 8.01. The van der Waals surface area contributed by atoms with Crippen LogP contribution in [-0.2, 0) is 7.05 Å². The number of ether oxygens (including phenoxy) is 1. The normalized spacial score (nSPS) is 13.1. The van der Waals surface area contributed by atoms with E-state index in [1.165, 1.54) is 7.11 Å². The van der Waals surface area contributed by atoms with E-state index in [1.807, 2.05) is 0 Å². The number of nitrogens with zero attached hydrogens (tertiary/aromatic N) is 2. The molecule has 5 nitrogen and oxygen atoms in total. The molecule has 0 saturated carbocycles. The molecule has 3 N–H and O–H groups in total. The van der Waals surface area contributed by atoms with Crippen LogP contribution in [0.2, 0.25) is 0 Å². The Morgan fingerprint density at radius 3 is 2.65 bits per heavy atom. The molecule has 0 bridgehead atoms. The van der Waals surface area contributed by atoms with Crippen LogP contribution in [0.1, 0.15) is 17.3 Å². The van der Waals surface area contributed by atoms with E-state index >= 15 is 0 Å². The molecule has 1 atom stereocenters. The summed E-state index contributed by atoms with van der Waals surface area (Å²) in [5.41, 5.74) is 7.05. The van der Waals surface area contributed by atoms with Crippen molar-refractivity contribution < 1.29 is 13.5 Å². The van der Waals surface area contributed by atoms with Gasteiger partial charge in [-0.25, -0.2) is 13.5 Å². The van der Waals surface area contributed by atoms with Gasteiger partial charge in [-0.15, -0.1) is 0 Å². The number of rotatable bonds is 6. The average Bonchev–Trinajstić information content (AvgIpc) is 2.54. The van der Waals surface area contributed by atoms with E-state index in [1.54, 1.807) is 18.7 Å². The summed E-state index contributed by atoms with van der Waals surface area (Å²) in [5, 5.41) is 6.89. The molecule has 98 valence electrons. The molecule has 0 aliphatic rings. The lowest BCUT2D eigenvalue weighted by molar-refractivity contribution is 0.141. The summed E-state index contributed by atoms with van der Waals surface area (Å²) < 4.78 is 31.1. The van der Waals surface area contributed by atoms with Crippen LogP contribution in [0, 0.1) is 6.92 Å². The molecule has 1 rings (SSSR count). The lowest BCUT2D eigenvalue weighted by atomic mass is 10.1. The van der Waals surface area contributed by atoms with Crippen LogP contribution >= 0.6 is 0 Å². The van der Waals surface area contributed by atoms with Crippen molar-refractivity contribution in [2.45, 2.75) is 19.4 Å². The van der Waals surface area contributed by atoms with Crippen molar-refractivity contribution in [2.75, 3.05) is 20.2 Å². The Bertz CT molecular complexity index is 367. The number of aromatic nitrogens is 2. The van der Waals surface area contributed by atoms with Gasteiger partial charge < -0.3 is 15.8 Å². The smallest absolute Gasteiger partial charge is 0.250 e. The third-order valence-corrected chi connectivity index (χ3v) is 2.51. The lowest BCUT2D eigenvalue weighted by Crippen LogP contribution is -2.32. The Morgan fingerprint density at radius 2 is 2.18 bits per heavy atom. The van der Waals surface area contributed by atoms with Gasteiger partial charge in [0, 0.05) is 13.6 Å². The third-order valence-electron chi connectivity index (χ3n) is 2.51. The Kier molecular flexibility index (Phi) is 4.83. The van der Waals surface area contributed by atoms with E-state index in [0.717, 1.165) is 11.3 Å². The molecule has 0 amide bonds. The summed E-state index contributed by atoms with van der Waals surface area (Å²) in [4.78, 5) is 0. The summed E-state index contributed by atoms with van der Waals surface area (Å²) in [6, 6.07) is -0.382. The SMILES string of the molecule is COc1c(C(CN)NCC(F)F)c(C)nn1C. The predicted octanol–water partition coefficient (Wildman–Crippen LogP) is 0.592. The lowest BCUT2D eigenvalue weighted by Gasteiger charge is -2.17. The zero-order chi connectivity index (χ0) is 13.0. The Hall–Kier alpha value is -1.21. The molecule has 0 fully saturated rings. The number of alkyl halides is 2. The second-order valence-corrected chi connectivity index (χ2v) is 3.72. The highest BCUT2D eigenvalue weighted by Gasteiger charge is 2.22. The standard InChI is InChI=1S/C10H18F2N4O/c1-6-9(10(17-3)16(2)15-6)7(4-13)14-5-8(11)12/h7-8,14H,4-5,13H2,1-3H3. The van der Waals surface area contributed by atoms with Gasteiger partial charge in [0.25, 0.3) is 6.43 Å². The molecule has 1 aromatic heterocycles. The average molecular weight is 248 g/mol. The van der Waals surface area contributed by atoms with E-state index in [4.69, 9.17) is 10.5 Å². The number of halogens is 2. The van der Waals surface area contributed by atoms with Crippen molar-refractivity contribution in [1.29, 1.82) is 0 Å². The van der Waals surface area contributed by atoms with Crippen LogP contribution in [0.15, 0.2) is 0 Å². The Balaban J connectivity index is 2.94.